The van der Waals surface area contributed by atoms with Gasteiger partial charge in [0, 0.05) is 25.3 Å². The molecule has 1 aliphatic heterocycles. The summed E-state index contributed by atoms with van der Waals surface area (Å²) in [5.74, 6) is 0.590. The van der Waals surface area contributed by atoms with Crippen molar-refractivity contribution in [3.63, 3.8) is 0 Å². The molecule has 0 radical (unpaired) electrons. The van der Waals surface area contributed by atoms with Crippen LogP contribution >= 0.6 is 11.7 Å². The molecule has 0 saturated carbocycles. The van der Waals surface area contributed by atoms with E-state index in [1.54, 1.807) is 0 Å². The molecule has 0 N–H and O–H groups in total. The van der Waals surface area contributed by atoms with E-state index in [4.69, 9.17) is 9.47 Å². The summed E-state index contributed by atoms with van der Waals surface area (Å²) >= 11 is 1.21. The molecule has 0 aromatic carbocycles. The van der Waals surface area contributed by atoms with E-state index in [-0.39, 0.29) is 12.2 Å². The van der Waals surface area contributed by atoms with Crippen molar-refractivity contribution in [1.29, 1.82) is 0 Å². The van der Waals surface area contributed by atoms with Gasteiger partial charge in [-0.15, -0.1) is 4.37 Å². The van der Waals surface area contributed by atoms with E-state index in [9.17, 15) is 4.79 Å². The fraction of sp³-hybridized carbons (Fsp3) is 0.833. The van der Waals surface area contributed by atoms with Crippen LogP contribution < -0.4 is 4.74 Å². The number of quaternary nitrogens is 1. The van der Waals surface area contributed by atoms with Crippen LogP contribution in [0.5, 0.6) is 5.88 Å². The number of hydrogen-bond donors (Lipinski definition) is 0. The van der Waals surface area contributed by atoms with Crippen molar-refractivity contribution < 1.29 is 18.8 Å². The smallest absolute Gasteiger partial charge is 0.310 e. The highest BCUT2D eigenvalue weighted by molar-refractivity contribution is 6.99. The summed E-state index contributed by atoms with van der Waals surface area (Å²) in [6, 6.07) is 0. The lowest BCUT2D eigenvalue weighted by Crippen LogP contribution is -2.55. The van der Waals surface area contributed by atoms with Crippen LogP contribution in [0.15, 0.2) is 6.08 Å². The second kappa shape index (κ2) is 18.7. The normalized spacial score (nSPS) is 18.4. The van der Waals surface area contributed by atoms with E-state index in [0.717, 1.165) is 50.0 Å². The number of likely N-dealkylation sites (N-methyl/N-ethyl adjacent to an activating group) is 1. The summed E-state index contributed by atoms with van der Waals surface area (Å²) in [4.78, 5) is 12.6. The van der Waals surface area contributed by atoms with Crippen LogP contribution in [-0.2, 0) is 9.53 Å². The van der Waals surface area contributed by atoms with Crippen molar-refractivity contribution in [2.24, 2.45) is 0 Å². The molecular weight excluding hydrogens is 482 g/mol. The fourth-order valence-electron chi connectivity index (χ4n) is 5.03. The first-order chi connectivity index (χ1) is 18.0. The maximum absolute atomic E-state index is 12.6. The summed E-state index contributed by atoms with van der Waals surface area (Å²) in [6.45, 7) is 8.91. The van der Waals surface area contributed by atoms with Gasteiger partial charge in [0.15, 0.2) is 0 Å². The Balaban J connectivity index is 1.67. The van der Waals surface area contributed by atoms with Crippen molar-refractivity contribution in [2.75, 3.05) is 26.7 Å². The van der Waals surface area contributed by atoms with Crippen molar-refractivity contribution in [3.8, 4) is 5.88 Å². The average molecular weight is 537 g/mol. The molecule has 7 heteroatoms. The summed E-state index contributed by atoms with van der Waals surface area (Å²) < 4.78 is 21.5. The molecule has 1 unspecified atom stereocenters. The molecule has 0 aliphatic carbocycles. The highest BCUT2D eigenvalue weighted by Crippen LogP contribution is 2.31. The Morgan fingerprint density at radius 3 is 2.16 bits per heavy atom. The zero-order chi connectivity index (χ0) is 26.8. The van der Waals surface area contributed by atoms with Crippen LogP contribution in [0.4, 0.5) is 0 Å². The van der Waals surface area contributed by atoms with Crippen molar-refractivity contribution in [2.45, 2.75) is 136 Å². The van der Waals surface area contributed by atoms with Gasteiger partial charge in [0.1, 0.15) is 12.2 Å². The predicted molar refractivity (Wildman–Crippen MR) is 155 cm³/mol. The molecular formula is C30H54N3O3S+. The monoisotopic (exact) mass is 536 g/mol. The number of unbranched alkanes of at least 4 members (excludes halogenated alkanes) is 13. The zero-order valence-electron chi connectivity index (χ0n) is 24.3. The number of carbonyl (C=O) groups excluding carboxylic acids is 1. The van der Waals surface area contributed by atoms with Gasteiger partial charge in [-0.1, -0.05) is 103 Å². The minimum absolute atomic E-state index is 0.0645. The molecule has 2 heterocycles. The van der Waals surface area contributed by atoms with Gasteiger partial charge in [-0.3, -0.25) is 9.28 Å². The van der Waals surface area contributed by atoms with Gasteiger partial charge >= 0.3 is 5.97 Å². The van der Waals surface area contributed by atoms with E-state index in [0.29, 0.717) is 23.4 Å². The van der Waals surface area contributed by atoms with E-state index >= 15 is 0 Å². The Kier molecular flexibility index (Phi) is 16.1. The van der Waals surface area contributed by atoms with E-state index < -0.39 is 0 Å². The Morgan fingerprint density at radius 2 is 1.51 bits per heavy atom. The van der Waals surface area contributed by atoms with Gasteiger partial charge in [-0.05, 0) is 12.8 Å². The molecule has 212 valence electrons. The first-order valence-electron chi connectivity index (χ1n) is 15.2. The topological polar surface area (TPSA) is 61.3 Å². The summed E-state index contributed by atoms with van der Waals surface area (Å²) in [7, 11) is 2.18. The molecule has 0 bridgehead atoms. The number of esters is 1. The summed E-state index contributed by atoms with van der Waals surface area (Å²) in [6.07, 6.45) is 22.3. The van der Waals surface area contributed by atoms with E-state index in [1.807, 2.05) is 6.92 Å². The molecule has 2 rings (SSSR count). The molecule has 2 atom stereocenters. The molecule has 6 nitrogen and oxygen atoms in total. The van der Waals surface area contributed by atoms with Crippen molar-refractivity contribution >= 4 is 23.3 Å². The Bertz CT molecular complexity index is 782. The van der Waals surface area contributed by atoms with Crippen LogP contribution in [0.1, 0.15) is 136 Å². The first-order valence-corrected chi connectivity index (χ1v) is 15.9. The third kappa shape index (κ3) is 12.3. The second-order valence-electron chi connectivity index (χ2n) is 11.1. The fourth-order valence-corrected chi connectivity index (χ4v) is 5.56. The minimum Gasteiger partial charge on any atom is -0.475 e. The summed E-state index contributed by atoms with van der Waals surface area (Å²) in [5, 5.41) is 0. The quantitative estimate of drug-likeness (QED) is 0.0898. The standard InChI is InChI=1S/C30H54N3O3S/c1-5-7-9-11-12-13-14-15-16-17-18-22-28(34)36-26(3)33(4)23-20-21-27(25-33)29-30(32-37-31-29)35-24-19-10-8-6-2/h21,26H,5-20,22-25H2,1-4H3/q+1/t26-,33?/m1/s1. The number of carbonyl (C=O) groups is 1. The molecule has 0 spiro atoms. The van der Waals surface area contributed by atoms with Crippen LogP contribution in [-0.4, -0.2) is 52.2 Å². The number of aromatic nitrogens is 2. The number of rotatable bonds is 21. The molecule has 0 amide bonds. The Morgan fingerprint density at radius 1 is 0.919 bits per heavy atom. The van der Waals surface area contributed by atoms with Gasteiger partial charge in [0.25, 0.3) is 5.88 Å². The molecule has 1 aromatic rings. The van der Waals surface area contributed by atoms with Crippen LogP contribution in [0.25, 0.3) is 5.57 Å². The van der Waals surface area contributed by atoms with Crippen LogP contribution in [0.3, 0.4) is 0 Å². The molecule has 0 fully saturated rings. The third-order valence-electron chi connectivity index (χ3n) is 7.73. The van der Waals surface area contributed by atoms with Crippen molar-refractivity contribution in [3.05, 3.63) is 11.8 Å². The first kappa shape index (κ1) is 31.7. The van der Waals surface area contributed by atoms with Gasteiger partial charge in [-0.25, -0.2) is 0 Å². The predicted octanol–water partition coefficient (Wildman–Crippen LogP) is 8.32. The highest BCUT2D eigenvalue weighted by atomic mass is 32.1. The molecule has 1 aliphatic rings. The largest absolute Gasteiger partial charge is 0.475 e. The van der Waals surface area contributed by atoms with Crippen LogP contribution in [0, 0.1) is 0 Å². The molecule has 0 saturated heterocycles. The van der Waals surface area contributed by atoms with Gasteiger partial charge in [0.2, 0.25) is 6.23 Å². The Hall–Kier alpha value is -1.47. The van der Waals surface area contributed by atoms with Gasteiger partial charge < -0.3 is 9.47 Å². The number of nitrogens with zero attached hydrogens (tertiary/aromatic N) is 3. The SMILES string of the molecule is CCCCCCCCCCCCCC(=O)O[C@H](C)[N+]1(C)CCC=C(c2nsnc2OCCCCCC)C1. The van der Waals surface area contributed by atoms with E-state index in [1.165, 1.54) is 88.8 Å². The molecule has 37 heavy (non-hydrogen) atoms. The second-order valence-corrected chi connectivity index (χ2v) is 11.6. The van der Waals surface area contributed by atoms with Gasteiger partial charge in [-0.2, -0.15) is 4.37 Å². The zero-order valence-corrected chi connectivity index (χ0v) is 25.1. The van der Waals surface area contributed by atoms with Crippen LogP contribution in [0.2, 0.25) is 0 Å². The Labute approximate surface area is 231 Å². The van der Waals surface area contributed by atoms with Crippen molar-refractivity contribution in [1.82, 2.24) is 8.75 Å². The maximum atomic E-state index is 12.6. The van der Waals surface area contributed by atoms with Gasteiger partial charge in [0.05, 0.1) is 31.9 Å². The summed E-state index contributed by atoms with van der Waals surface area (Å²) in [5.41, 5.74) is 2.02. The molecule has 1 aromatic heterocycles. The lowest BCUT2D eigenvalue weighted by atomic mass is 10.0. The average Bonchev–Trinajstić information content (AvgIpc) is 3.36. The lowest BCUT2D eigenvalue weighted by molar-refractivity contribution is -0.944. The highest BCUT2D eigenvalue weighted by Gasteiger charge is 2.36. The number of ether oxygens (including phenoxy) is 2. The van der Waals surface area contributed by atoms with E-state index in [2.05, 4.69) is 35.7 Å². The third-order valence-corrected chi connectivity index (χ3v) is 8.24. The number of hydrogen-bond acceptors (Lipinski definition) is 6. The minimum atomic E-state index is -0.186. The lowest BCUT2D eigenvalue weighted by Gasteiger charge is -2.41. The maximum Gasteiger partial charge on any atom is 0.310 e.